The quantitative estimate of drug-likeness (QED) is 0.846. The zero-order valence-electron chi connectivity index (χ0n) is 14.2. The van der Waals surface area contributed by atoms with E-state index >= 15 is 0 Å². The predicted molar refractivity (Wildman–Crippen MR) is 89.6 cm³/mol. The van der Waals surface area contributed by atoms with E-state index in [1.165, 1.54) is 12.6 Å². The molecule has 1 aliphatic carbocycles. The van der Waals surface area contributed by atoms with Gasteiger partial charge in [0.15, 0.2) is 0 Å². The summed E-state index contributed by atoms with van der Waals surface area (Å²) in [5, 5.41) is 12.2. The Bertz CT molecular complexity index is 622. The Morgan fingerprint density at radius 3 is 2.64 bits per heavy atom. The molecule has 0 aromatic carbocycles. The van der Waals surface area contributed by atoms with Crippen LogP contribution in [0, 0.1) is 0 Å². The van der Waals surface area contributed by atoms with Crippen LogP contribution in [0.25, 0.3) is 0 Å². The SMILES string of the molecule is O=C(NC1(C(=O)O)CCOCC1)c1ccnc(OC2CCCCC2)c1. The number of hydrogen-bond donors (Lipinski definition) is 2. The number of nitrogens with one attached hydrogen (secondary N) is 1. The van der Waals surface area contributed by atoms with Crippen molar-refractivity contribution in [2.75, 3.05) is 13.2 Å². The van der Waals surface area contributed by atoms with Gasteiger partial charge in [-0.2, -0.15) is 0 Å². The fourth-order valence-electron chi connectivity index (χ4n) is 3.37. The van der Waals surface area contributed by atoms with Crippen LogP contribution < -0.4 is 10.1 Å². The zero-order chi connectivity index (χ0) is 17.7. The second-order valence-corrected chi connectivity index (χ2v) is 6.71. The number of rotatable bonds is 5. The van der Waals surface area contributed by atoms with Gasteiger partial charge >= 0.3 is 5.97 Å². The summed E-state index contributed by atoms with van der Waals surface area (Å²) in [5.41, 5.74) is -0.920. The van der Waals surface area contributed by atoms with Gasteiger partial charge in [0.25, 0.3) is 5.91 Å². The smallest absolute Gasteiger partial charge is 0.329 e. The number of aromatic nitrogens is 1. The molecule has 136 valence electrons. The molecular weight excluding hydrogens is 324 g/mol. The first-order valence-electron chi connectivity index (χ1n) is 8.85. The third-order valence-corrected chi connectivity index (χ3v) is 4.95. The summed E-state index contributed by atoms with van der Waals surface area (Å²) in [6.45, 7) is 0.637. The number of hydrogen-bond acceptors (Lipinski definition) is 5. The monoisotopic (exact) mass is 348 g/mol. The van der Waals surface area contributed by atoms with Crippen LogP contribution in [0.1, 0.15) is 55.3 Å². The number of carboxylic acids is 1. The molecule has 0 bridgehead atoms. The summed E-state index contributed by atoms with van der Waals surface area (Å²) in [7, 11) is 0. The number of carboxylic acid groups (broad SMARTS) is 1. The molecule has 1 amide bonds. The van der Waals surface area contributed by atoms with Crippen LogP contribution in [0.15, 0.2) is 18.3 Å². The molecule has 2 heterocycles. The minimum Gasteiger partial charge on any atom is -0.480 e. The maximum atomic E-state index is 12.6. The molecule has 1 saturated carbocycles. The Morgan fingerprint density at radius 1 is 1.24 bits per heavy atom. The molecule has 1 aromatic heterocycles. The highest BCUT2D eigenvalue weighted by Crippen LogP contribution is 2.24. The van der Waals surface area contributed by atoms with Gasteiger partial charge in [-0.25, -0.2) is 9.78 Å². The van der Waals surface area contributed by atoms with Crippen molar-refractivity contribution in [3.8, 4) is 5.88 Å². The van der Waals surface area contributed by atoms with Crippen LogP contribution in [0.2, 0.25) is 0 Å². The molecule has 1 aromatic rings. The van der Waals surface area contributed by atoms with Gasteiger partial charge in [0.2, 0.25) is 5.88 Å². The van der Waals surface area contributed by atoms with Crippen LogP contribution in [-0.2, 0) is 9.53 Å². The summed E-state index contributed by atoms with van der Waals surface area (Å²) in [4.78, 5) is 28.4. The highest BCUT2D eigenvalue weighted by molar-refractivity contribution is 5.98. The summed E-state index contributed by atoms with van der Waals surface area (Å²) in [5.74, 6) is -1.05. The van der Waals surface area contributed by atoms with Gasteiger partial charge in [0.1, 0.15) is 11.6 Å². The second kappa shape index (κ2) is 7.82. The molecule has 7 heteroatoms. The molecule has 0 atom stereocenters. The van der Waals surface area contributed by atoms with Gasteiger partial charge in [-0.15, -0.1) is 0 Å². The Labute approximate surface area is 146 Å². The van der Waals surface area contributed by atoms with Crippen LogP contribution in [-0.4, -0.2) is 46.8 Å². The van der Waals surface area contributed by atoms with Gasteiger partial charge in [-0.3, -0.25) is 4.79 Å². The number of carbonyl (C=O) groups is 2. The Kier molecular flexibility index (Phi) is 5.53. The molecular formula is C18H24N2O5. The van der Waals surface area contributed by atoms with Crippen molar-refractivity contribution in [2.24, 2.45) is 0 Å². The molecule has 2 fully saturated rings. The molecule has 0 spiro atoms. The third-order valence-electron chi connectivity index (χ3n) is 4.95. The fourth-order valence-corrected chi connectivity index (χ4v) is 3.37. The Balaban J connectivity index is 1.69. The average molecular weight is 348 g/mol. The maximum absolute atomic E-state index is 12.6. The van der Waals surface area contributed by atoms with Gasteiger partial charge in [-0.05, 0) is 31.7 Å². The first kappa shape index (κ1) is 17.7. The second-order valence-electron chi connectivity index (χ2n) is 6.71. The lowest BCUT2D eigenvalue weighted by atomic mass is 9.90. The molecule has 1 aliphatic heterocycles. The Morgan fingerprint density at radius 2 is 1.96 bits per heavy atom. The van der Waals surface area contributed by atoms with E-state index in [0.29, 0.717) is 24.7 Å². The number of aliphatic carboxylic acids is 1. The predicted octanol–water partition coefficient (Wildman–Crippen LogP) is 2.16. The first-order chi connectivity index (χ1) is 12.1. The van der Waals surface area contributed by atoms with Crippen LogP contribution in [0.5, 0.6) is 5.88 Å². The van der Waals surface area contributed by atoms with Crippen molar-refractivity contribution in [1.82, 2.24) is 10.3 Å². The topological polar surface area (TPSA) is 97.8 Å². The van der Waals surface area contributed by atoms with Crippen molar-refractivity contribution in [3.63, 3.8) is 0 Å². The molecule has 3 rings (SSSR count). The molecule has 2 aliphatic rings. The van der Waals surface area contributed by atoms with E-state index in [4.69, 9.17) is 9.47 Å². The summed E-state index contributed by atoms with van der Waals surface area (Å²) >= 11 is 0. The van der Waals surface area contributed by atoms with Crippen molar-refractivity contribution >= 4 is 11.9 Å². The third kappa shape index (κ3) is 4.28. The zero-order valence-corrected chi connectivity index (χ0v) is 14.2. The van der Waals surface area contributed by atoms with Crippen molar-refractivity contribution in [3.05, 3.63) is 23.9 Å². The van der Waals surface area contributed by atoms with Gasteiger partial charge < -0.3 is 19.9 Å². The molecule has 0 unspecified atom stereocenters. The van der Waals surface area contributed by atoms with E-state index in [9.17, 15) is 14.7 Å². The van der Waals surface area contributed by atoms with E-state index in [2.05, 4.69) is 10.3 Å². The van der Waals surface area contributed by atoms with Crippen LogP contribution >= 0.6 is 0 Å². The van der Waals surface area contributed by atoms with E-state index in [0.717, 1.165) is 25.7 Å². The van der Waals surface area contributed by atoms with Crippen LogP contribution in [0.3, 0.4) is 0 Å². The highest BCUT2D eigenvalue weighted by atomic mass is 16.5. The van der Waals surface area contributed by atoms with E-state index in [1.54, 1.807) is 12.1 Å². The standard InChI is InChI=1S/C18H24N2O5/c21-16(20-18(17(22)23)7-10-24-11-8-18)13-6-9-19-15(12-13)25-14-4-2-1-3-5-14/h6,9,12,14H,1-5,7-8,10-11H2,(H,20,21)(H,22,23). The number of pyridine rings is 1. The van der Waals surface area contributed by atoms with E-state index < -0.39 is 17.4 Å². The summed E-state index contributed by atoms with van der Waals surface area (Å²) < 4.78 is 11.1. The van der Waals surface area contributed by atoms with E-state index in [1.807, 2.05) is 0 Å². The molecule has 7 nitrogen and oxygen atoms in total. The largest absolute Gasteiger partial charge is 0.480 e. The molecule has 1 saturated heterocycles. The number of amides is 1. The lowest BCUT2D eigenvalue weighted by Crippen LogP contribution is -2.57. The number of carbonyl (C=O) groups excluding carboxylic acids is 1. The van der Waals surface area contributed by atoms with Gasteiger partial charge in [-0.1, -0.05) is 6.42 Å². The normalized spacial score (nSPS) is 20.6. The maximum Gasteiger partial charge on any atom is 0.329 e. The molecule has 25 heavy (non-hydrogen) atoms. The summed E-state index contributed by atoms with van der Waals surface area (Å²) in [6.07, 6.45) is 7.69. The summed E-state index contributed by atoms with van der Waals surface area (Å²) in [6, 6.07) is 3.15. The van der Waals surface area contributed by atoms with Crippen molar-refractivity contribution in [1.29, 1.82) is 0 Å². The fraction of sp³-hybridized carbons (Fsp3) is 0.611. The van der Waals surface area contributed by atoms with Crippen LogP contribution in [0.4, 0.5) is 0 Å². The molecule has 0 radical (unpaired) electrons. The first-order valence-corrected chi connectivity index (χ1v) is 8.85. The molecule has 2 N–H and O–H groups in total. The lowest BCUT2D eigenvalue weighted by molar-refractivity contribution is -0.148. The average Bonchev–Trinajstić information content (AvgIpc) is 2.63. The van der Waals surface area contributed by atoms with Crippen molar-refractivity contribution < 1.29 is 24.2 Å². The number of nitrogens with zero attached hydrogens (tertiary/aromatic N) is 1. The van der Waals surface area contributed by atoms with Gasteiger partial charge in [0, 0.05) is 43.9 Å². The van der Waals surface area contributed by atoms with Gasteiger partial charge in [0.05, 0.1) is 0 Å². The Hall–Kier alpha value is -2.15. The minimum absolute atomic E-state index is 0.139. The van der Waals surface area contributed by atoms with E-state index in [-0.39, 0.29) is 18.9 Å². The number of ether oxygens (including phenoxy) is 2. The van der Waals surface area contributed by atoms with Crippen molar-refractivity contribution in [2.45, 2.75) is 56.6 Å². The minimum atomic E-state index is -1.27. The lowest BCUT2D eigenvalue weighted by Gasteiger charge is -2.33. The highest BCUT2D eigenvalue weighted by Gasteiger charge is 2.41.